The summed E-state index contributed by atoms with van der Waals surface area (Å²) in [5.41, 5.74) is 2.55. The molecule has 0 aliphatic carbocycles. The van der Waals surface area contributed by atoms with Crippen LogP contribution in [-0.4, -0.2) is 69.2 Å². The van der Waals surface area contributed by atoms with E-state index in [0.717, 1.165) is 0 Å². The predicted molar refractivity (Wildman–Crippen MR) is 138 cm³/mol. The van der Waals surface area contributed by atoms with E-state index in [-0.39, 0.29) is 36.7 Å². The molecule has 0 unspecified atom stereocenters. The molecule has 2 saturated heterocycles. The number of carboxylic acid groups (broad SMARTS) is 2. The fourth-order valence-corrected chi connectivity index (χ4v) is 6.96. The number of fused-ring (bicyclic) bond motifs is 4. The summed E-state index contributed by atoms with van der Waals surface area (Å²) in [7, 11) is 0. The van der Waals surface area contributed by atoms with E-state index in [1.807, 2.05) is 48.6 Å². The van der Waals surface area contributed by atoms with Crippen molar-refractivity contribution < 1.29 is 33.8 Å². The normalized spacial score (nSPS) is 26.7. The zero-order valence-electron chi connectivity index (χ0n) is 20.9. The summed E-state index contributed by atoms with van der Waals surface area (Å²) in [6, 6.07) is 1.65. The number of rotatable bonds is 4. The first-order chi connectivity index (χ1) is 18.8. The minimum atomic E-state index is -1.14. The van der Waals surface area contributed by atoms with Crippen molar-refractivity contribution in [3.63, 3.8) is 0 Å². The molecule has 7 heterocycles. The molecule has 4 amide bonds. The Bertz CT molecular complexity index is 1400. The molecule has 2 atom stereocenters. The molecule has 198 valence electrons. The van der Waals surface area contributed by atoms with Crippen LogP contribution in [0.15, 0.2) is 87.9 Å². The fraction of sp³-hybridized carbons (Fsp3) is 0.286. The smallest absolute Gasteiger partial charge is 0.408 e. The van der Waals surface area contributed by atoms with Gasteiger partial charge in [0, 0.05) is 61.7 Å². The van der Waals surface area contributed by atoms with Crippen LogP contribution in [-0.2, 0) is 9.59 Å². The fourth-order valence-electron chi connectivity index (χ4n) is 6.96. The first-order valence-corrected chi connectivity index (χ1v) is 13.0. The molecule has 2 N–H and O–H groups in total. The lowest BCUT2D eigenvalue weighted by Crippen LogP contribution is -2.57. The molecule has 0 radical (unpaired) electrons. The average molecular weight is 531 g/mol. The number of carbonyl (C=O) groups excluding carboxylic acids is 2. The van der Waals surface area contributed by atoms with Crippen LogP contribution in [0.25, 0.3) is 0 Å². The Morgan fingerprint density at radius 3 is 1.33 bits per heavy atom. The number of carbonyl (C=O) groups is 4. The van der Waals surface area contributed by atoms with Gasteiger partial charge in [-0.2, -0.15) is 0 Å². The third-order valence-electron chi connectivity index (χ3n) is 8.72. The number of hydrogen-bond donors (Lipinski definition) is 2. The summed E-state index contributed by atoms with van der Waals surface area (Å²) >= 11 is 0. The third-order valence-corrected chi connectivity index (χ3v) is 8.72. The number of furan rings is 1. The monoisotopic (exact) mass is 530 g/mol. The number of nitrogens with zero attached hydrogens (tertiary/aromatic N) is 4. The molecule has 6 aliphatic heterocycles. The topological polar surface area (TPSA) is 128 Å². The van der Waals surface area contributed by atoms with Crippen molar-refractivity contribution in [1.82, 2.24) is 18.8 Å². The van der Waals surface area contributed by atoms with Crippen molar-refractivity contribution >= 4 is 35.8 Å². The van der Waals surface area contributed by atoms with Crippen molar-refractivity contribution in [2.45, 2.75) is 37.8 Å². The van der Waals surface area contributed by atoms with Crippen molar-refractivity contribution in [1.29, 1.82) is 0 Å². The molecule has 39 heavy (non-hydrogen) atoms. The Labute approximate surface area is 223 Å². The van der Waals surface area contributed by atoms with E-state index in [0.29, 0.717) is 48.5 Å². The van der Waals surface area contributed by atoms with Crippen molar-refractivity contribution in [2.75, 3.05) is 13.1 Å². The van der Waals surface area contributed by atoms with E-state index in [2.05, 4.69) is 0 Å². The maximum Gasteiger partial charge on any atom is 0.408 e. The van der Waals surface area contributed by atoms with Crippen LogP contribution >= 0.6 is 0 Å². The third kappa shape index (κ3) is 2.83. The second kappa shape index (κ2) is 8.01. The van der Waals surface area contributed by atoms with Crippen LogP contribution in [0.5, 0.6) is 0 Å². The van der Waals surface area contributed by atoms with E-state index in [9.17, 15) is 29.4 Å². The number of allylic oxidation sites excluding steroid dienone is 8. The van der Waals surface area contributed by atoms with Gasteiger partial charge < -0.3 is 14.6 Å². The highest BCUT2D eigenvalue weighted by Crippen LogP contribution is 2.52. The lowest BCUT2D eigenvalue weighted by Gasteiger charge is -2.33. The van der Waals surface area contributed by atoms with Gasteiger partial charge in [-0.15, -0.1) is 8.97 Å². The van der Waals surface area contributed by atoms with Gasteiger partial charge in [-0.1, -0.05) is 0 Å². The predicted octanol–water partition coefficient (Wildman–Crippen LogP) is 3.93. The molecule has 6 aliphatic rings. The van der Waals surface area contributed by atoms with Gasteiger partial charge in [-0.05, 0) is 25.7 Å². The minimum absolute atomic E-state index is 0.256. The van der Waals surface area contributed by atoms with Gasteiger partial charge in [0.2, 0.25) is 0 Å². The Hall–Kier alpha value is -4.48. The van der Waals surface area contributed by atoms with E-state index in [4.69, 9.17) is 4.42 Å². The molecule has 11 nitrogen and oxygen atoms in total. The molecular formula is C28H26N4O7+2. The Balaban J connectivity index is 1.34. The lowest BCUT2D eigenvalue weighted by atomic mass is 10.1. The Morgan fingerprint density at radius 1 is 0.667 bits per heavy atom. The van der Waals surface area contributed by atoms with Crippen molar-refractivity contribution in [3.05, 3.63) is 83.5 Å². The summed E-state index contributed by atoms with van der Waals surface area (Å²) in [6.07, 6.45) is 14.3. The number of likely N-dealkylation sites (tertiary alicyclic amines) is 2. The number of amides is 4. The van der Waals surface area contributed by atoms with Crippen LogP contribution in [0.4, 0.5) is 21.4 Å². The number of quaternary nitrogens is 2. The molecule has 0 saturated carbocycles. The zero-order chi connectivity index (χ0) is 27.1. The SMILES string of the molecule is O=C(O)N1CCC[C@H]1C(=O)[N+]1(c2ccc([N+]3(C(=O)[C@@H]4CCCN4C(=O)O)C4=CC=C3C=C4)o2)C2=CC=C1C=C2. The summed E-state index contributed by atoms with van der Waals surface area (Å²) in [5, 5.41) is 19.5. The highest BCUT2D eigenvalue weighted by molar-refractivity contribution is 6.03. The van der Waals surface area contributed by atoms with E-state index in [1.54, 1.807) is 12.1 Å². The van der Waals surface area contributed by atoms with Gasteiger partial charge >= 0.3 is 35.8 Å². The summed E-state index contributed by atoms with van der Waals surface area (Å²) in [4.78, 5) is 54.7. The van der Waals surface area contributed by atoms with Crippen LogP contribution < -0.4 is 8.97 Å². The zero-order valence-corrected chi connectivity index (χ0v) is 20.9. The summed E-state index contributed by atoms with van der Waals surface area (Å²) in [5.74, 6) is -0.150. The van der Waals surface area contributed by atoms with E-state index in [1.165, 1.54) is 9.80 Å². The Morgan fingerprint density at radius 2 is 1.03 bits per heavy atom. The van der Waals surface area contributed by atoms with Crippen LogP contribution in [0.1, 0.15) is 25.7 Å². The van der Waals surface area contributed by atoms with E-state index < -0.39 is 33.2 Å². The standard InChI is InChI=1S/C28H24N4O7/c33-25(21-3-1-15-29(21)27(35)36)31(17-5-6-18(31)8-7-17)23-13-14-24(39-23)32(19-9-10-20(32)12-11-19)26(34)22-4-2-16-30(22)28(37)38/h5-14,21-22H,1-4,15-16H2/p+2/t21-,22-/m0/s1. The van der Waals surface area contributed by atoms with Crippen LogP contribution in [0, 0.1) is 0 Å². The maximum absolute atomic E-state index is 14.3. The molecule has 0 spiro atoms. The Kier molecular flexibility index (Phi) is 4.85. The highest BCUT2D eigenvalue weighted by Gasteiger charge is 2.62. The van der Waals surface area contributed by atoms with Gasteiger partial charge in [0.05, 0.1) is 12.1 Å². The maximum atomic E-state index is 14.3. The molecule has 11 heteroatoms. The first-order valence-electron chi connectivity index (χ1n) is 13.0. The molecule has 0 aromatic carbocycles. The number of hydrogen-bond acceptors (Lipinski definition) is 5. The highest BCUT2D eigenvalue weighted by atomic mass is 16.4. The van der Waals surface area contributed by atoms with Gasteiger partial charge in [0.1, 0.15) is 0 Å². The molecule has 1 aromatic rings. The molecule has 7 rings (SSSR count). The van der Waals surface area contributed by atoms with Gasteiger partial charge in [-0.25, -0.2) is 19.2 Å². The molecule has 4 bridgehead atoms. The summed E-state index contributed by atoms with van der Waals surface area (Å²) in [6.45, 7) is 0.565. The first kappa shape index (κ1) is 23.6. The molecule has 2 fully saturated rings. The molecule has 1 aromatic heterocycles. The lowest BCUT2D eigenvalue weighted by molar-refractivity contribution is -0.131. The van der Waals surface area contributed by atoms with Gasteiger partial charge in [0.15, 0.2) is 34.9 Å². The quantitative estimate of drug-likeness (QED) is 0.565. The van der Waals surface area contributed by atoms with Crippen molar-refractivity contribution in [2.24, 2.45) is 0 Å². The second-order valence-electron chi connectivity index (χ2n) is 10.4. The van der Waals surface area contributed by atoms with Crippen LogP contribution in [0.3, 0.4) is 0 Å². The van der Waals surface area contributed by atoms with E-state index >= 15 is 0 Å². The largest absolute Gasteiger partial charge is 0.465 e. The van der Waals surface area contributed by atoms with Gasteiger partial charge in [-0.3, -0.25) is 9.80 Å². The second-order valence-corrected chi connectivity index (χ2v) is 10.4. The van der Waals surface area contributed by atoms with Crippen LogP contribution in [0.2, 0.25) is 0 Å². The molecular weight excluding hydrogens is 504 g/mol. The van der Waals surface area contributed by atoms with Crippen molar-refractivity contribution in [3.8, 4) is 0 Å². The van der Waals surface area contributed by atoms with Gasteiger partial charge in [0.25, 0.3) is 0 Å². The average Bonchev–Trinajstić information content (AvgIpc) is 3.78. The summed E-state index contributed by atoms with van der Waals surface area (Å²) < 4.78 is 5.72. The minimum Gasteiger partial charge on any atom is -0.465 e.